The van der Waals surface area contributed by atoms with E-state index in [1.807, 2.05) is 6.92 Å². The second-order valence-electron chi connectivity index (χ2n) is 3.91. The molecule has 1 aromatic carbocycles. The molecule has 0 radical (unpaired) electrons. The molecule has 0 saturated carbocycles. The van der Waals surface area contributed by atoms with Crippen molar-refractivity contribution in [2.24, 2.45) is 0 Å². The number of carbonyl (C=O) groups excluding carboxylic acids is 1. The Morgan fingerprint density at radius 2 is 2.05 bits per heavy atom. The molecule has 0 aliphatic carbocycles. The molecule has 0 fully saturated rings. The lowest BCUT2D eigenvalue weighted by Gasteiger charge is -2.11. The van der Waals surface area contributed by atoms with Gasteiger partial charge in [0.2, 0.25) is 5.88 Å². The molecule has 6 heteroatoms. The van der Waals surface area contributed by atoms with E-state index in [1.165, 1.54) is 14.2 Å². The van der Waals surface area contributed by atoms with Gasteiger partial charge in [0.25, 0.3) is 0 Å². The third-order valence-corrected chi connectivity index (χ3v) is 4.34. The van der Waals surface area contributed by atoms with Crippen LogP contribution in [0.5, 0.6) is 5.88 Å². The van der Waals surface area contributed by atoms with Gasteiger partial charge < -0.3 is 9.47 Å². The first kappa shape index (κ1) is 14.1. The van der Waals surface area contributed by atoms with Gasteiger partial charge in [0.05, 0.1) is 24.8 Å². The van der Waals surface area contributed by atoms with Gasteiger partial charge in [-0.15, -0.1) is 0 Å². The number of hydrogen-bond acceptors (Lipinski definition) is 4. The summed E-state index contributed by atoms with van der Waals surface area (Å²) >= 11 is 9.51. The van der Waals surface area contributed by atoms with E-state index in [-0.39, 0.29) is 11.4 Å². The fourth-order valence-corrected chi connectivity index (χ4v) is 2.38. The Labute approximate surface area is 123 Å². The van der Waals surface area contributed by atoms with Crippen LogP contribution in [0.4, 0.5) is 0 Å². The summed E-state index contributed by atoms with van der Waals surface area (Å²) in [6.45, 7) is 1.89. The van der Waals surface area contributed by atoms with Crippen molar-refractivity contribution in [3.63, 3.8) is 0 Å². The molecule has 0 bridgehead atoms. The van der Waals surface area contributed by atoms with Gasteiger partial charge in [0, 0.05) is 9.86 Å². The lowest BCUT2D eigenvalue weighted by molar-refractivity contribution is 0.0596. The molecular formula is C13H11BrClNO3. The SMILES string of the molecule is COC(=O)c1cc2cc(Cl)c(Br)c(C)c2nc1OC. The Kier molecular flexibility index (Phi) is 3.96. The number of methoxy groups -OCH3 is 2. The molecule has 0 aliphatic heterocycles. The molecule has 2 rings (SSSR count). The number of aryl methyl sites for hydroxylation is 1. The third kappa shape index (κ3) is 2.40. The maximum Gasteiger partial charge on any atom is 0.343 e. The van der Waals surface area contributed by atoms with E-state index in [9.17, 15) is 4.79 Å². The molecule has 1 heterocycles. The lowest BCUT2D eigenvalue weighted by Crippen LogP contribution is -2.06. The summed E-state index contributed by atoms with van der Waals surface area (Å²) in [6.07, 6.45) is 0. The highest BCUT2D eigenvalue weighted by molar-refractivity contribution is 9.10. The summed E-state index contributed by atoms with van der Waals surface area (Å²) < 4.78 is 10.6. The second-order valence-corrected chi connectivity index (χ2v) is 5.11. The number of rotatable bonds is 2. The predicted octanol–water partition coefficient (Wildman–Crippen LogP) is 3.75. The number of carbonyl (C=O) groups is 1. The van der Waals surface area contributed by atoms with E-state index >= 15 is 0 Å². The van der Waals surface area contributed by atoms with E-state index in [2.05, 4.69) is 20.9 Å². The van der Waals surface area contributed by atoms with Gasteiger partial charge in [-0.2, -0.15) is 0 Å². The first-order valence-electron chi connectivity index (χ1n) is 5.41. The van der Waals surface area contributed by atoms with Gasteiger partial charge in [0.15, 0.2) is 0 Å². The van der Waals surface area contributed by atoms with Gasteiger partial charge in [-0.1, -0.05) is 11.6 Å². The van der Waals surface area contributed by atoms with Crippen LogP contribution in [0.3, 0.4) is 0 Å². The van der Waals surface area contributed by atoms with Crippen LogP contribution in [0.2, 0.25) is 5.02 Å². The van der Waals surface area contributed by atoms with E-state index in [4.69, 9.17) is 21.1 Å². The molecule has 0 spiro atoms. The van der Waals surface area contributed by atoms with Crippen LogP contribution in [-0.4, -0.2) is 25.2 Å². The predicted molar refractivity (Wildman–Crippen MR) is 77.1 cm³/mol. The zero-order chi connectivity index (χ0) is 14.2. The molecule has 4 nitrogen and oxygen atoms in total. The summed E-state index contributed by atoms with van der Waals surface area (Å²) in [4.78, 5) is 16.0. The summed E-state index contributed by atoms with van der Waals surface area (Å²) in [5.41, 5.74) is 1.88. The van der Waals surface area contributed by atoms with Crippen LogP contribution in [0, 0.1) is 6.92 Å². The van der Waals surface area contributed by atoms with E-state index < -0.39 is 5.97 Å². The quantitative estimate of drug-likeness (QED) is 0.778. The van der Waals surface area contributed by atoms with Crippen molar-refractivity contribution in [1.82, 2.24) is 4.98 Å². The first-order valence-corrected chi connectivity index (χ1v) is 6.58. The minimum Gasteiger partial charge on any atom is -0.480 e. The average Bonchev–Trinajstić information content (AvgIpc) is 2.43. The van der Waals surface area contributed by atoms with Gasteiger partial charge in [-0.3, -0.25) is 0 Å². The molecule has 100 valence electrons. The summed E-state index contributed by atoms with van der Waals surface area (Å²) in [6, 6.07) is 3.41. The Morgan fingerprint density at radius 3 is 2.63 bits per heavy atom. The van der Waals surface area contributed by atoms with Crippen LogP contribution in [0.1, 0.15) is 15.9 Å². The largest absolute Gasteiger partial charge is 0.480 e. The molecule has 19 heavy (non-hydrogen) atoms. The van der Waals surface area contributed by atoms with E-state index in [0.29, 0.717) is 5.02 Å². The van der Waals surface area contributed by atoms with Crippen molar-refractivity contribution in [3.8, 4) is 5.88 Å². The molecule has 2 aromatic rings. The van der Waals surface area contributed by atoms with Crippen molar-refractivity contribution >= 4 is 44.4 Å². The molecule has 0 amide bonds. The number of halogens is 2. The topological polar surface area (TPSA) is 48.4 Å². The van der Waals surface area contributed by atoms with Crippen LogP contribution < -0.4 is 4.74 Å². The molecule has 1 aromatic heterocycles. The number of esters is 1. The highest BCUT2D eigenvalue weighted by Crippen LogP contribution is 2.34. The second kappa shape index (κ2) is 5.35. The van der Waals surface area contributed by atoms with Gasteiger partial charge >= 0.3 is 5.97 Å². The number of nitrogens with zero attached hydrogens (tertiary/aromatic N) is 1. The Morgan fingerprint density at radius 1 is 1.37 bits per heavy atom. The van der Waals surface area contributed by atoms with Crippen molar-refractivity contribution in [1.29, 1.82) is 0 Å². The van der Waals surface area contributed by atoms with Gasteiger partial charge in [-0.25, -0.2) is 9.78 Å². The zero-order valence-corrected chi connectivity index (χ0v) is 12.9. The summed E-state index contributed by atoms with van der Waals surface area (Å²) in [5, 5.41) is 1.32. The number of pyridine rings is 1. The van der Waals surface area contributed by atoms with Crippen LogP contribution in [-0.2, 0) is 4.74 Å². The first-order chi connectivity index (χ1) is 8.99. The normalized spacial score (nSPS) is 10.6. The molecule has 0 N–H and O–H groups in total. The third-order valence-electron chi connectivity index (χ3n) is 2.79. The van der Waals surface area contributed by atoms with Crippen LogP contribution in [0.15, 0.2) is 16.6 Å². The molecular weight excluding hydrogens is 334 g/mol. The Bertz CT molecular complexity index is 673. The smallest absolute Gasteiger partial charge is 0.343 e. The highest BCUT2D eigenvalue weighted by Gasteiger charge is 2.18. The van der Waals surface area contributed by atoms with Crippen LogP contribution in [0.25, 0.3) is 10.9 Å². The fourth-order valence-electron chi connectivity index (χ4n) is 1.82. The summed E-state index contributed by atoms with van der Waals surface area (Å²) in [5.74, 6) is -0.264. The molecule has 0 atom stereocenters. The van der Waals surface area contributed by atoms with Crippen molar-refractivity contribution in [2.75, 3.05) is 14.2 Å². The number of benzene rings is 1. The van der Waals surface area contributed by atoms with Gasteiger partial charge in [0.1, 0.15) is 5.56 Å². The van der Waals surface area contributed by atoms with E-state index in [0.717, 1.165) is 20.9 Å². The minimum absolute atomic E-state index is 0.233. The van der Waals surface area contributed by atoms with Crippen LogP contribution >= 0.6 is 27.5 Å². The monoisotopic (exact) mass is 343 g/mol. The molecule has 0 saturated heterocycles. The zero-order valence-electron chi connectivity index (χ0n) is 10.6. The summed E-state index contributed by atoms with van der Waals surface area (Å²) in [7, 11) is 2.77. The van der Waals surface area contributed by atoms with E-state index in [1.54, 1.807) is 12.1 Å². The highest BCUT2D eigenvalue weighted by atomic mass is 79.9. The number of aromatic nitrogens is 1. The number of hydrogen-bond donors (Lipinski definition) is 0. The maximum absolute atomic E-state index is 11.7. The number of ether oxygens (including phenoxy) is 2. The average molecular weight is 345 g/mol. The Hall–Kier alpha value is -1.33. The number of fused-ring (bicyclic) bond motifs is 1. The standard InChI is InChI=1S/C13H11BrClNO3/c1-6-10(14)9(15)5-7-4-8(13(17)19-3)12(18-2)16-11(6)7/h4-5H,1-3H3. The fraction of sp³-hybridized carbons (Fsp3) is 0.231. The Balaban J connectivity index is 2.82. The molecule has 0 aliphatic rings. The maximum atomic E-state index is 11.7. The lowest BCUT2D eigenvalue weighted by atomic mass is 10.1. The molecule has 0 unspecified atom stereocenters. The van der Waals surface area contributed by atoms with Crippen molar-refractivity contribution < 1.29 is 14.3 Å². The minimum atomic E-state index is -0.497. The van der Waals surface area contributed by atoms with Crippen molar-refractivity contribution in [2.45, 2.75) is 6.92 Å². The van der Waals surface area contributed by atoms with Gasteiger partial charge in [-0.05, 0) is 40.5 Å². The van der Waals surface area contributed by atoms with Crippen molar-refractivity contribution in [3.05, 3.63) is 32.8 Å².